The Kier molecular flexibility index (Phi) is 4.76. The van der Waals surface area contributed by atoms with Gasteiger partial charge in [0.05, 0.1) is 19.6 Å². The molecule has 5 heteroatoms. The molecule has 0 aromatic carbocycles. The van der Waals surface area contributed by atoms with Crippen LogP contribution in [0.4, 0.5) is 0 Å². The predicted octanol–water partition coefficient (Wildman–Crippen LogP) is 0.266. The van der Waals surface area contributed by atoms with Crippen LogP contribution < -0.4 is 0 Å². The van der Waals surface area contributed by atoms with Crippen molar-refractivity contribution in [3.05, 3.63) is 0 Å². The fourth-order valence-corrected chi connectivity index (χ4v) is 0.734. The molecule has 0 saturated carbocycles. The Morgan fingerprint density at radius 3 is 2.45 bits per heavy atom. The van der Waals surface area contributed by atoms with Crippen molar-refractivity contribution in [2.24, 2.45) is 5.92 Å². The van der Waals surface area contributed by atoms with Crippen LogP contribution in [0.15, 0.2) is 0 Å². The number of nitrogens with zero attached hydrogens (tertiary/aromatic N) is 1. The fourth-order valence-electron chi connectivity index (χ4n) is 0.734. The highest BCUT2D eigenvalue weighted by atomic mass is 16.8. The summed E-state index contributed by atoms with van der Waals surface area (Å²) in [6, 6.07) is 0. The SMILES string of the molecule is CCC(CN(O)O)C(=O)OC. The lowest BCUT2D eigenvalue weighted by Gasteiger charge is -2.13. The van der Waals surface area contributed by atoms with Gasteiger partial charge in [-0.3, -0.25) is 15.2 Å². The monoisotopic (exact) mass is 163 g/mol. The molecule has 1 unspecified atom stereocenters. The van der Waals surface area contributed by atoms with Gasteiger partial charge in [0, 0.05) is 0 Å². The normalized spacial score (nSPS) is 13.2. The van der Waals surface area contributed by atoms with Crippen LogP contribution >= 0.6 is 0 Å². The number of carbonyl (C=O) groups excluding carboxylic acids is 1. The highest BCUT2D eigenvalue weighted by Crippen LogP contribution is 2.04. The van der Waals surface area contributed by atoms with Crippen molar-refractivity contribution >= 4 is 5.97 Å². The third kappa shape index (κ3) is 3.92. The maximum absolute atomic E-state index is 10.8. The zero-order valence-electron chi connectivity index (χ0n) is 6.65. The number of carbonyl (C=O) groups is 1. The lowest BCUT2D eigenvalue weighted by Crippen LogP contribution is -2.28. The second-order valence-electron chi connectivity index (χ2n) is 2.18. The van der Waals surface area contributed by atoms with Crippen molar-refractivity contribution in [2.45, 2.75) is 13.3 Å². The van der Waals surface area contributed by atoms with E-state index in [0.717, 1.165) is 0 Å². The van der Waals surface area contributed by atoms with Gasteiger partial charge in [-0.15, -0.1) is 0 Å². The van der Waals surface area contributed by atoms with Crippen LogP contribution in [0.5, 0.6) is 0 Å². The molecule has 0 aliphatic heterocycles. The number of esters is 1. The molecule has 0 spiro atoms. The quantitative estimate of drug-likeness (QED) is 0.459. The summed E-state index contributed by atoms with van der Waals surface area (Å²) < 4.78 is 4.42. The summed E-state index contributed by atoms with van der Waals surface area (Å²) in [5.41, 5.74) is 0. The van der Waals surface area contributed by atoms with Crippen LogP contribution in [-0.2, 0) is 9.53 Å². The molecule has 1 atom stereocenters. The Morgan fingerprint density at radius 1 is 1.64 bits per heavy atom. The third-order valence-corrected chi connectivity index (χ3v) is 1.41. The third-order valence-electron chi connectivity index (χ3n) is 1.41. The minimum atomic E-state index is -0.477. The Balaban J connectivity index is 3.84. The van der Waals surface area contributed by atoms with Crippen molar-refractivity contribution in [3.63, 3.8) is 0 Å². The molecule has 0 fully saturated rings. The Bertz CT molecular complexity index is 126. The summed E-state index contributed by atoms with van der Waals surface area (Å²) in [6.45, 7) is 1.65. The lowest BCUT2D eigenvalue weighted by molar-refractivity contribution is -0.311. The van der Waals surface area contributed by atoms with Gasteiger partial charge in [0.1, 0.15) is 0 Å². The molecular formula is C6H13NO4. The minimum Gasteiger partial charge on any atom is -0.469 e. The first-order valence-corrected chi connectivity index (χ1v) is 3.35. The van der Waals surface area contributed by atoms with Gasteiger partial charge in [-0.05, 0) is 6.42 Å². The molecule has 2 N–H and O–H groups in total. The molecule has 0 saturated heterocycles. The topological polar surface area (TPSA) is 70.0 Å². The van der Waals surface area contributed by atoms with Crippen LogP contribution in [0.1, 0.15) is 13.3 Å². The molecule has 0 aliphatic carbocycles. The van der Waals surface area contributed by atoms with E-state index in [9.17, 15) is 4.79 Å². The summed E-state index contributed by atoms with van der Waals surface area (Å²) in [5, 5.41) is 16.7. The summed E-state index contributed by atoms with van der Waals surface area (Å²) in [7, 11) is 1.27. The Morgan fingerprint density at radius 2 is 2.18 bits per heavy atom. The molecule has 11 heavy (non-hydrogen) atoms. The Labute approximate surface area is 65.1 Å². The van der Waals surface area contributed by atoms with Crippen LogP contribution in [-0.4, -0.2) is 35.3 Å². The van der Waals surface area contributed by atoms with Gasteiger partial charge in [0.25, 0.3) is 0 Å². The first kappa shape index (κ1) is 10.3. The molecule has 0 aromatic rings. The highest BCUT2D eigenvalue weighted by Gasteiger charge is 2.18. The molecule has 0 heterocycles. The second kappa shape index (κ2) is 5.06. The largest absolute Gasteiger partial charge is 0.469 e. The predicted molar refractivity (Wildman–Crippen MR) is 36.1 cm³/mol. The van der Waals surface area contributed by atoms with Gasteiger partial charge in [-0.25, -0.2) is 0 Å². The number of ether oxygens (including phenoxy) is 1. The van der Waals surface area contributed by atoms with E-state index in [1.807, 2.05) is 0 Å². The smallest absolute Gasteiger partial charge is 0.310 e. The molecule has 0 aliphatic rings. The van der Waals surface area contributed by atoms with Crippen molar-refractivity contribution in [1.29, 1.82) is 0 Å². The van der Waals surface area contributed by atoms with Gasteiger partial charge >= 0.3 is 5.97 Å². The number of rotatable bonds is 4. The van der Waals surface area contributed by atoms with Gasteiger partial charge in [0.15, 0.2) is 0 Å². The van der Waals surface area contributed by atoms with Gasteiger partial charge in [-0.1, -0.05) is 12.2 Å². The van der Waals surface area contributed by atoms with Crippen LogP contribution in [0, 0.1) is 5.92 Å². The van der Waals surface area contributed by atoms with Crippen molar-refractivity contribution < 1.29 is 19.9 Å². The van der Waals surface area contributed by atoms with E-state index in [1.165, 1.54) is 7.11 Å². The summed E-state index contributed by atoms with van der Waals surface area (Å²) in [4.78, 5) is 10.8. The summed E-state index contributed by atoms with van der Waals surface area (Å²) in [5.74, 6) is -0.907. The fraction of sp³-hybridized carbons (Fsp3) is 0.833. The van der Waals surface area contributed by atoms with Crippen molar-refractivity contribution in [3.8, 4) is 0 Å². The van der Waals surface area contributed by atoms with Gasteiger partial charge < -0.3 is 4.74 Å². The first-order chi connectivity index (χ1) is 5.11. The first-order valence-electron chi connectivity index (χ1n) is 3.35. The molecule has 0 amide bonds. The number of hydroxylamine groups is 2. The molecule has 0 rings (SSSR count). The van der Waals surface area contributed by atoms with E-state index < -0.39 is 11.9 Å². The number of hydrogen-bond acceptors (Lipinski definition) is 5. The summed E-state index contributed by atoms with van der Waals surface area (Å²) in [6.07, 6.45) is 0.518. The number of methoxy groups -OCH3 is 1. The lowest BCUT2D eigenvalue weighted by atomic mass is 10.1. The van der Waals surface area contributed by atoms with Crippen molar-refractivity contribution in [2.75, 3.05) is 13.7 Å². The molecule has 0 aromatic heterocycles. The van der Waals surface area contributed by atoms with Crippen molar-refractivity contribution in [1.82, 2.24) is 5.23 Å². The van der Waals surface area contributed by atoms with E-state index in [4.69, 9.17) is 10.4 Å². The van der Waals surface area contributed by atoms with Gasteiger partial charge in [0.2, 0.25) is 0 Å². The maximum Gasteiger partial charge on any atom is 0.310 e. The highest BCUT2D eigenvalue weighted by molar-refractivity contribution is 5.72. The molecule has 0 radical (unpaired) electrons. The zero-order valence-corrected chi connectivity index (χ0v) is 6.65. The molecule has 0 bridgehead atoms. The average Bonchev–Trinajstić information content (AvgIpc) is 1.98. The second-order valence-corrected chi connectivity index (χ2v) is 2.18. The molecular weight excluding hydrogens is 150 g/mol. The van der Waals surface area contributed by atoms with E-state index in [2.05, 4.69) is 4.74 Å². The standard InChI is InChI=1S/C6H13NO4/c1-3-5(4-7(9)10)6(8)11-2/h5,9-10H,3-4H2,1-2H3. The van der Waals surface area contributed by atoms with Crippen LogP contribution in [0.2, 0.25) is 0 Å². The van der Waals surface area contributed by atoms with Crippen LogP contribution in [0.25, 0.3) is 0 Å². The number of hydrogen-bond donors (Lipinski definition) is 2. The zero-order chi connectivity index (χ0) is 8.85. The van der Waals surface area contributed by atoms with E-state index in [-0.39, 0.29) is 11.8 Å². The Hall–Kier alpha value is -0.650. The maximum atomic E-state index is 10.8. The van der Waals surface area contributed by atoms with E-state index >= 15 is 0 Å². The molecule has 66 valence electrons. The van der Waals surface area contributed by atoms with Gasteiger partial charge in [-0.2, -0.15) is 0 Å². The van der Waals surface area contributed by atoms with E-state index in [0.29, 0.717) is 6.42 Å². The van der Waals surface area contributed by atoms with Crippen LogP contribution in [0.3, 0.4) is 0 Å². The van der Waals surface area contributed by atoms with E-state index in [1.54, 1.807) is 6.92 Å². The average molecular weight is 163 g/mol. The summed E-state index contributed by atoms with van der Waals surface area (Å²) >= 11 is 0. The molecule has 5 nitrogen and oxygen atoms in total. The minimum absolute atomic E-state index is 0.00884.